The molecular formula is C16H21FN2O2. The molecule has 5 heteroatoms. The van der Waals surface area contributed by atoms with Crippen LogP contribution in [0, 0.1) is 17.7 Å². The Morgan fingerprint density at radius 2 is 2.19 bits per heavy atom. The maximum absolute atomic E-state index is 13.6. The molecule has 1 aromatic carbocycles. The summed E-state index contributed by atoms with van der Waals surface area (Å²) < 4.78 is 13.6. The molecule has 114 valence electrons. The molecule has 0 spiro atoms. The zero-order valence-electron chi connectivity index (χ0n) is 12.4. The van der Waals surface area contributed by atoms with Gasteiger partial charge < -0.3 is 10.4 Å². The first-order chi connectivity index (χ1) is 10.1. The van der Waals surface area contributed by atoms with Crippen molar-refractivity contribution < 1.29 is 14.3 Å². The van der Waals surface area contributed by atoms with Crippen molar-refractivity contribution in [3.05, 3.63) is 35.1 Å². The van der Waals surface area contributed by atoms with Gasteiger partial charge in [0.05, 0.1) is 13.2 Å². The van der Waals surface area contributed by atoms with Gasteiger partial charge in [-0.1, -0.05) is 18.8 Å². The summed E-state index contributed by atoms with van der Waals surface area (Å²) in [4.78, 5) is 13.3. The third-order valence-electron chi connectivity index (χ3n) is 2.93. The molecule has 0 saturated carbocycles. The summed E-state index contributed by atoms with van der Waals surface area (Å²) in [5.41, 5.74) is 1.35. The molecule has 2 N–H and O–H groups in total. The molecule has 4 nitrogen and oxygen atoms in total. The molecule has 0 unspecified atom stereocenters. The van der Waals surface area contributed by atoms with Gasteiger partial charge in [0.15, 0.2) is 0 Å². The fourth-order valence-electron chi connectivity index (χ4n) is 1.85. The largest absolute Gasteiger partial charge is 0.395 e. The summed E-state index contributed by atoms with van der Waals surface area (Å²) in [5.74, 6) is 5.17. The molecule has 0 aromatic heterocycles. The van der Waals surface area contributed by atoms with E-state index in [1.165, 1.54) is 12.1 Å². The zero-order valence-corrected chi connectivity index (χ0v) is 12.4. The highest BCUT2D eigenvalue weighted by molar-refractivity contribution is 5.77. The molecule has 0 saturated heterocycles. The first-order valence-corrected chi connectivity index (χ1v) is 6.91. The molecule has 0 atom stereocenters. The molecule has 0 bridgehead atoms. The van der Waals surface area contributed by atoms with Gasteiger partial charge in [-0.3, -0.25) is 9.69 Å². The van der Waals surface area contributed by atoms with Gasteiger partial charge in [0, 0.05) is 25.6 Å². The second-order valence-corrected chi connectivity index (χ2v) is 4.60. The summed E-state index contributed by atoms with van der Waals surface area (Å²) in [5, 5.41) is 11.3. The summed E-state index contributed by atoms with van der Waals surface area (Å²) in [6.07, 6.45) is 0.365. The molecule has 1 rings (SSSR count). The number of carbonyl (C=O) groups is 1. The molecule has 0 heterocycles. The Labute approximate surface area is 125 Å². The Bertz CT molecular complexity index is 535. The van der Waals surface area contributed by atoms with Gasteiger partial charge in [-0.05, 0) is 30.3 Å². The second kappa shape index (κ2) is 9.11. The SMILES string of the molecule is CCN(CC(=O)NC)Cc1cc(F)cc(C#CCCO)c1. The Morgan fingerprint density at radius 3 is 2.81 bits per heavy atom. The number of rotatable bonds is 6. The van der Waals surface area contributed by atoms with Crippen LogP contribution in [0.5, 0.6) is 0 Å². The summed E-state index contributed by atoms with van der Waals surface area (Å²) in [6, 6.07) is 4.62. The fraction of sp³-hybridized carbons (Fsp3) is 0.438. The zero-order chi connectivity index (χ0) is 15.7. The quantitative estimate of drug-likeness (QED) is 0.773. The van der Waals surface area contributed by atoms with Crippen molar-refractivity contribution in [1.29, 1.82) is 0 Å². The Kier molecular flexibility index (Phi) is 7.44. The summed E-state index contributed by atoms with van der Waals surface area (Å²) in [7, 11) is 1.59. The van der Waals surface area contributed by atoms with E-state index in [0.717, 1.165) is 5.56 Å². The lowest BCUT2D eigenvalue weighted by Gasteiger charge is -2.19. The first kappa shape index (κ1) is 17.2. The molecular weight excluding hydrogens is 271 g/mol. The monoisotopic (exact) mass is 292 g/mol. The smallest absolute Gasteiger partial charge is 0.233 e. The minimum atomic E-state index is -0.350. The minimum Gasteiger partial charge on any atom is -0.395 e. The van der Waals surface area contributed by atoms with E-state index in [2.05, 4.69) is 17.2 Å². The van der Waals surface area contributed by atoms with Crippen LogP contribution in [0.4, 0.5) is 4.39 Å². The number of nitrogens with zero attached hydrogens (tertiary/aromatic N) is 1. The van der Waals surface area contributed by atoms with Crippen molar-refractivity contribution in [2.24, 2.45) is 0 Å². The van der Waals surface area contributed by atoms with Gasteiger partial charge >= 0.3 is 0 Å². The molecule has 1 amide bonds. The molecule has 0 fully saturated rings. The van der Waals surface area contributed by atoms with Crippen LogP contribution in [-0.2, 0) is 11.3 Å². The second-order valence-electron chi connectivity index (χ2n) is 4.60. The van der Waals surface area contributed by atoms with Gasteiger partial charge in [0.25, 0.3) is 0 Å². The molecule has 0 aliphatic rings. The van der Waals surface area contributed by atoms with Crippen LogP contribution in [0.3, 0.4) is 0 Å². The Balaban J connectivity index is 2.82. The van der Waals surface area contributed by atoms with Gasteiger partial charge in [0.2, 0.25) is 5.91 Å². The van der Waals surface area contributed by atoms with Crippen LogP contribution in [0.2, 0.25) is 0 Å². The maximum atomic E-state index is 13.6. The van der Waals surface area contributed by atoms with E-state index in [0.29, 0.717) is 25.1 Å². The highest BCUT2D eigenvalue weighted by Gasteiger charge is 2.09. The number of hydrogen-bond acceptors (Lipinski definition) is 3. The van der Waals surface area contributed by atoms with Crippen LogP contribution in [0.1, 0.15) is 24.5 Å². The van der Waals surface area contributed by atoms with Crippen LogP contribution >= 0.6 is 0 Å². The number of halogens is 1. The van der Waals surface area contributed by atoms with Crippen molar-refractivity contribution >= 4 is 5.91 Å². The lowest BCUT2D eigenvalue weighted by molar-refractivity contribution is -0.121. The van der Waals surface area contributed by atoms with E-state index < -0.39 is 0 Å². The number of aliphatic hydroxyl groups excluding tert-OH is 1. The highest BCUT2D eigenvalue weighted by Crippen LogP contribution is 2.11. The highest BCUT2D eigenvalue weighted by atomic mass is 19.1. The first-order valence-electron chi connectivity index (χ1n) is 6.91. The van der Waals surface area contributed by atoms with E-state index in [-0.39, 0.29) is 24.9 Å². The average Bonchev–Trinajstić information content (AvgIpc) is 2.46. The predicted octanol–water partition coefficient (Wildman–Crippen LogP) is 1.13. The van der Waals surface area contributed by atoms with E-state index >= 15 is 0 Å². The lowest BCUT2D eigenvalue weighted by Crippen LogP contribution is -2.35. The third kappa shape index (κ3) is 6.39. The number of benzene rings is 1. The van der Waals surface area contributed by atoms with E-state index in [4.69, 9.17) is 5.11 Å². The number of hydrogen-bond donors (Lipinski definition) is 2. The van der Waals surface area contributed by atoms with Gasteiger partial charge in [0.1, 0.15) is 5.82 Å². The number of amides is 1. The van der Waals surface area contributed by atoms with Crippen molar-refractivity contribution in [1.82, 2.24) is 10.2 Å². The van der Waals surface area contributed by atoms with Crippen molar-refractivity contribution in [2.75, 3.05) is 26.7 Å². The van der Waals surface area contributed by atoms with E-state index in [1.807, 2.05) is 11.8 Å². The normalized spacial score (nSPS) is 10.1. The Hall–Kier alpha value is -1.90. The number of carbonyl (C=O) groups excluding carboxylic acids is 1. The van der Waals surface area contributed by atoms with Gasteiger partial charge in [-0.25, -0.2) is 4.39 Å². The number of likely N-dealkylation sites (N-methyl/N-ethyl adjacent to an activating group) is 2. The average molecular weight is 292 g/mol. The van der Waals surface area contributed by atoms with Crippen LogP contribution in [0.25, 0.3) is 0 Å². The van der Waals surface area contributed by atoms with Gasteiger partial charge in [-0.15, -0.1) is 0 Å². The van der Waals surface area contributed by atoms with Crippen molar-refractivity contribution in [3.8, 4) is 11.8 Å². The van der Waals surface area contributed by atoms with Crippen molar-refractivity contribution in [3.63, 3.8) is 0 Å². The van der Waals surface area contributed by atoms with Crippen LogP contribution in [0.15, 0.2) is 18.2 Å². The molecule has 1 aromatic rings. The van der Waals surface area contributed by atoms with E-state index in [1.54, 1.807) is 13.1 Å². The van der Waals surface area contributed by atoms with Crippen LogP contribution in [-0.4, -0.2) is 42.7 Å². The minimum absolute atomic E-state index is 0.00901. The molecule has 0 aliphatic carbocycles. The predicted molar refractivity (Wildman–Crippen MR) is 80.0 cm³/mol. The standard InChI is InChI=1S/C16H21FN2O2/c1-3-19(12-16(21)18-2)11-14-8-13(6-4-5-7-20)9-15(17)10-14/h8-10,20H,3,5,7,11-12H2,1-2H3,(H,18,21). The van der Waals surface area contributed by atoms with E-state index in [9.17, 15) is 9.18 Å². The maximum Gasteiger partial charge on any atom is 0.233 e. The lowest BCUT2D eigenvalue weighted by atomic mass is 10.1. The molecule has 0 radical (unpaired) electrons. The fourth-order valence-corrected chi connectivity index (χ4v) is 1.85. The Morgan fingerprint density at radius 1 is 1.43 bits per heavy atom. The summed E-state index contributed by atoms with van der Waals surface area (Å²) in [6.45, 7) is 3.38. The topological polar surface area (TPSA) is 52.6 Å². The van der Waals surface area contributed by atoms with Gasteiger partial charge in [-0.2, -0.15) is 0 Å². The number of aliphatic hydroxyl groups is 1. The van der Waals surface area contributed by atoms with Crippen molar-refractivity contribution in [2.45, 2.75) is 19.9 Å². The number of nitrogens with one attached hydrogen (secondary N) is 1. The third-order valence-corrected chi connectivity index (χ3v) is 2.93. The molecule has 21 heavy (non-hydrogen) atoms. The summed E-state index contributed by atoms with van der Waals surface area (Å²) >= 11 is 0. The molecule has 0 aliphatic heterocycles. The van der Waals surface area contributed by atoms with Crippen LogP contribution < -0.4 is 5.32 Å².